The molecule has 1 heterocycles. The summed E-state index contributed by atoms with van der Waals surface area (Å²) in [5.41, 5.74) is 7.91. The van der Waals surface area contributed by atoms with E-state index in [-0.39, 0.29) is 6.10 Å². The SMILES string of the molecule is Cc1cc(C2=NOC(c3ccccc3C)C2)c(C)cc1/N=C\N(C)C. The smallest absolute Gasteiger partial charge is 0.158 e. The number of aliphatic imine (C=N–C) groups is 1. The van der Waals surface area contributed by atoms with Gasteiger partial charge in [0.25, 0.3) is 0 Å². The van der Waals surface area contributed by atoms with Crippen LogP contribution in [-0.4, -0.2) is 31.0 Å². The van der Waals surface area contributed by atoms with Gasteiger partial charge in [-0.1, -0.05) is 29.4 Å². The van der Waals surface area contributed by atoms with Crippen molar-refractivity contribution < 1.29 is 4.84 Å². The van der Waals surface area contributed by atoms with Gasteiger partial charge in [0.2, 0.25) is 0 Å². The van der Waals surface area contributed by atoms with Crippen LogP contribution in [0.1, 0.15) is 40.3 Å². The summed E-state index contributed by atoms with van der Waals surface area (Å²) in [4.78, 5) is 12.2. The van der Waals surface area contributed by atoms with E-state index in [9.17, 15) is 0 Å². The molecule has 130 valence electrons. The zero-order valence-electron chi connectivity index (χ0n) is 15.6. The zero-order chi connectivity index (χ0) is 18.0. The molecule has 0 amide bonds. The van der Waals surface area contributed by atoms with Crippen LogP contribution in [0, 0.1) is 20.8 Å². The number of hydrogen-bond donors (Lipinski definition) is 0. The quantitative estimate of drug-likeness (QED) is 0.600. The highest BCUT2D eigenvalue weighted by Gasteiger charge is 2.26. The molecule has 0 bridgehead atoms. The van der Waals surface area contributed by atoms with Crippen molar-refractivity contribution in [3.05, 3.63) is 64.2 Å². The van der Waals surface area contributed by atoms with Gasteiger partial charge in [0.15, 0.2) is 6.10 Å². The highest BCUT2D eigenvalue weighted by molar-refractivity contribution is 6.03. The fourth-order valence-electron chi connectivity index (χ4n) is 3.08. The molecule has 0 saturated heterocycles. The van der Waals surface area contributed by atoms with Gasteiger partial charge in [0.1, 0.15) is 0 Å². The lowest BCUT2D eigenvalue weighted by molar-refractivity contribution is 0.0853. The molecular formula is C21H25N3O. The Hall–Kier alpha value is -2.62. The monoisotopic (exact) mass is 335 g/mol. The Kier molecular flexibility index (Phi) is 4.88. The lowest BCUT2D eigenvalue weighted by Gasteiger charge is -2.12. The fourth-order valence-corrected chi connectivity index (χ4v) is 3.08. The Morgan fingerprint density at radius 2 is 1.84 bits per heavy atom. The molecular weight excluding hydrogens is 310 g/mol. The second-order valence-electron chi connectivity index (χ2n) is 6.85. The molecule has 1 unspecified atom stereocenters. The molecule has 0 N–H and O–H groups in total. The molecule has 3 rings (SSSR count). The van der Waals surface area contributed by atoms with E-state index in [1.807, 2.05) is 25.3 Å². The van der Waals surface area contributed by atoms with Gasteiger partial charge in [-0.25, -0.2) is 4.99 Å². The molecule has 0 fully saturated rings. The summed E-state index contributed by atoms with van der Waals surface area (Å²) in [5, 5.41) is 4.38. The Bertz CT molecular complexity index is 837. The van der Waals surface area contributed by atoms with Crippen molar-refractivity contribution in [2.75, 3.05) is 14.1 Å². The summed E-state index contributed by atoms with van der Waals surface area (Å²) in [6.45, 7) is 6.30. The number of hydrogen-bond acceptors (Lipinski definition) is 3. The van der Waals surface area contributed by atoms with Crippen molar-refractivity contribution in [3.8, 4) is 0 Å². The Balaban J connectivity index is 1.84. The first-order chi connectivity index (χ1) is 12.0. The molecule has 0 aromatic heterocycles. The molecule has 1 atom stereocenters. The number of rotatable bonds is 4. The molecule has 4 heteroatoms. The normalized spacial score (nSPS) is 16.8. The second-order valence-corrected chi connectivity index (χ2v) is 6.85. The van der Waals surface area contributed by atoms with Crippen LogP contribution < -0.4 is 0 Å². The molecule has 0 radical (unpaired) electrons. The maximum absolute atomic E-state index is 5.74. The highest BCUT2D eigenvalue weighted by Crippen LogP contribution is 2.33. The van der Waals surface area contributed by atoms with Crippen molar-refractivity contribution in [3.63, 3.8) is 0 Å². The summed E-state index contributed by atoms with van der Waals surface area (Å²) in [5.74, 6) is 0. The molecule has 0 aliphatic carbocycles. The van der Waals surface area contributed by atoms with Crippen molar-refractivity contribution >= 4 is 17.7 Å². The minimum absolute atomic E-state index is 0.00217. The van der Waals surface area contributed by atoms with E-state index in [1.54, 1.807) is 0 Å². The van der Waals surface area contributed by atoms with E-state index in [0.29, 0.717) is 0 Å². The van der Waals surface area contributed by atoms with Crippen molar-refractivity contribution in [1.29, 1.82) is 0 Å². The van der Waals surface area contributed by atoms with E-state index in [1.165, 1.54) is 16.7 Å². The second kappa shape index (κ2) is 7.09. The van der Waals surface area contributed by atoms with E-state index < -0.39 is 0 Å². The van der Waals surface area contributed by atoms with Crippen molar-refractivity contribution in [2.45, 2.75) is 33.3 Å². The molecule has 0 saturated carbocycles. The zero-order valence-corrected chi connectivity index (χ0v) is 15.6. The Morgan fingerprint density at radius 3 is 2.56 bits per heavy atom. The molecule has 2 aromatic rings. The van der Waals surface area contributed by atoms with Crippen LogP contribution in [0.5, 0.6) is 0 Å². The van der Waals surface area contributed by atoms with E-state index >= 15 is 0 Å². The summed E-state index contributed by atoms with van der Waals surface area (Å²) in [6, 6.07) is 12.6. The van der Waals surface area contributed by atoms with E-state index in [0.717, 1.165) is 28.9 Å². The number of oxime groups is 1. The maximum atomic E-state index is 5.74. The van der Waals surface area contributed by atoms with Gasteiger partial charge >= 0.3 is 0 Å². The van der Waals surface area contributed by atoms with Crippen LogP contribution in [0.15, 0.2) is 46.5 Å². The van der Waals surface area contributed by atoms with Crippen LogP contribution in [0.25, 0.3) is 0 Å². The maximum Gasteiger partial charge on any atom is 0.158 e. The lowest BCUT2D eigenvalue weighted by Crippen LogP contribution is -2.07. The van der Waals surface area contributed by atoms with Gasteiger partial charge in [0.05, 0.1) is 17.7 Å². The molecule has 2 aromatic carbocycles. The largest absolute Gasteiger partial charge is 0.387 e. The van der Waals surface area contributed by atoms with Gasteiger partial charge in [-0.3, -0.25) is 0 Å². The third-order valence-corrected chi connectivity index (χ3v) is 4.49. The average Bonchev–Trinajstić information content (AvgIpc) is 3.05. The molecule has 1 aliphatic rings. The summed E-state index contributed by atoms with van der Waals surface area (Å²) in [6.07, 6.45) is 2.62. The first-order valence-electron chi connectivity index (χ1n) is 8.56. The third-order valence-electron chi connectivity index (χ3n) is 4.49. The van der Waals surface area contributed by atoms with E-state index in [2.05, 4.69) is 67.3 Å². The minimum Gasteiger partial charge on any atom is -0.387 e. The van der Waals surface area contributed by atoms with Crippen LogP contribution in [0.4, 0.5) is 5.69 Å². The fraction of sp³-hybridized carbons (Fsp3) is 0.333. The number of benzene rings is 2. The highest BCUT2D eigenvalue weighted by atomic mass is 16.6. The predicted molar refractivity (Wildman–Crippen MR) is 104 cm³/mol. The van der Waals surface area contributed by atoms with Crippen molar-refractivity contribution in [1.82, 2.24) is 4.90 Å². The van der Waals surface area contributed by atoms with Gasteiger partial charge in [-0.15, -0.1) is 0 Å². The molecule has 1 aliphatic heterocycles. The molecule has 25 heavy (non-hydrogen) atoms. The van der Waals surface area contributed by atoms with Gasteiger partial charge < -0.3 is 9.74 Å². The Labute approximate surface area is 149 Å². The first-order valence-corrected chi connectivity index (χ1v) is 8.56. The summed E-state index contributed by atoms with van der Waals surface area (Å²) in [7, 11) is 3.94. The van der Waals surface area contributed by atoms with Crippen LogP contribution in [0.2, 0.25) is 0 Å². The van der Waals surface area contributed by atoms with Crippen LogP contribution in [0.3, 0.4) is 0 Å². The molecule has 4 nitrogen and oxygen atoms in total. The third kappa shape index (κ3) is 3.73. The van der Waals surface area contributed by atoms with Gasteiger partial charge in [-0.2, -0.15) is 0 Å². The Morgan fingerprint density at radius 1 is 1.08 bits per heavy atom. The average molecular weight is 335 g/mol. The standard InChI is InChI=1S/C21H25N3O/c1-14-8-6-7-9-17(14)21-12-20(23-25-21)18-10-16(3)19(11-15(18)2)22-13-24(4)5/h6-11,13,21H,12H2,1-5H3/b22-13-. The van der Waals surface area contributed by atoms with Crippen LogP contribution in [-0.2, 0) is 4.84 Å². The number of aryl methyl sites for hydroxylation is 3. The molecule has 0 spiro atoms. The minimum atomic E-state index is 0.00217. The summed E-state index contributed by atoms with van der Waals surface area (Å²) >= 11 is 0. The summed E-state index contributed by atoms with van der Waals surface area (Å²) < 4.78 is 0. The van der Waals surface area contributed by atoms with Gasteiger partial charge in [-0.05, 0) is 55.2 Å². The first kappa shape index (κ1) is 17.2. The number of nitrogens with zero attached hydrogens (tertiary/aromatic N) is 3. The van der Waals surface area contributed by atoms with Crippen molar-refractivity contribution in [2.24, 2.45) is 10.1 Å². The van der Waals surface area contributed by atoms with Gasteiger partial charge in [0, 0.05) is 26.1 Å². The lowest BCUT2D eigenvalue weighted by atomic mass is 9.94. The van der Waals surface area contributed by atoms with Crippen LogP contribution >= 0.6 is 0 Å². The predicted octanol–water partition coefficient (Wildman–Crippen LogP) is 4.70. The van der Waals surface area contributed by atoms with E-state index in [4.69, 9.17) is 4.84 Å². The topological polar surface area (TPSA) is 37.2 Å².